The molecule has 1 amide bonds. The van der Waals surface area contributed by atoms with Gasteiger partial charge in [-0.05, 0) is 37.1 Å². The lowest BCUT2D eigenvalue weighted by Gasteiger charge is -2.08. The van der Waals surface area contributed by atoms with Gasteiger partial charge in [0.1, 0.15) is 5.69 Å². The molecule has 0 spiro atoms. The van der Waals surface area contributed by atoms with Crippen LogP contribution in [0.1, 0.15) is 33.0 Å². The molecule has 2 heterocycles. The average Bonchev–Trinajstić information content (AvgIpc) is 3.34. The van der Waals surface area contributed by atoms with Crippen molar-refractivity contribution < 1.29 is 4.79 Å². The number of hydrogen-bond donors (Lipinski definition) is 2. The van der Waals surface area contributed by atoms with Crippen molar-refractivity contribution in [3.63, 3.8) is 0 Å². The van der Waals surface area contributed by atoms with Crippen molar-refractivity contribution in [1.29, 1.82) is 0 Å². The summed E-state index contributed by atoms with van der Waals surface area (Å²) in [7, 11) is 0. The first kappa shape index (κ1) is 18.7. The number of hydrogen-bond acceptors (Lipinski definition) is 3. The van der Waals surface area contributed by atoms with Gasteiger partial charge in [-0.15, -0.1) is 0 Å². The largest absolute Gasteiger partial charge is 0.347 e. The van der Waals surface area contributed by atoms with Crippen molar-refractivity contribution in [3.05, 3.63) is 94.9 Å². The summed E-state index contributed by atoms with van der Waals surface area (Å²) >= 11 is 0. The summed E-state index contributed by atoms with van der Waals surface area (Å²) in [4.78, 5) is 12.5. The van der Waals surface area contributed by atoms with E-state index in [1.807, 2.05) is 54.1 Å². The zero-order valence-corrected chi connectivity index (χ0v) is 16.5. The van der Waals surface area contributed by atoms with E-state index < -0.39 is 0 Å². The molecule has 0 aliphatic heterocycles. The molecular weight excluding hydrogens is 362 g/mol. The quantitative estimate of drug-likeness (QED) is 0.529. The maximum Gasteiger partial charge on any atom is 0.269 e. The molecule has 0 unspecified atom stereocenters. The maximum absolute atomic E-state index is 12.5. The summed E-state index contributed by atoms with van der Waals surface area (Å²) in [5.41, 5.74) is 6.51. The van der Waals surface area contributed by atoms with Crippen LogP contribution >= 0.6 is 0 Å². The predicted molar refractivity (Wildman–Crippen MR) is 112 cm³/mol. The molecule has 2 N–H and O–H groups in total. The van der Waals surface area contributed by atoms with Crippen LogP contribution in [0.15, 0.2) is 66.7 Å². The highest BCUT2D eigenvalue weighted by Crippen LogP contribution is 2.17. The number of aromatic amines is 1. The highest BCUT2D eigenvalue weighted by atomic mass is 16.1. The van der Waals surface area contributed by atoms with Crippen LogP contribution in [0.3, 0.4) is 0 Å². The van der Waals surface area contributed by atoms with Crippen molar-refractivity contribution in [2.75, 3.05) is 0 Å². The molecule has 0 radical (unpaired) electrons. The molecule has 2 aromatic carbocycles. The van der Waals surface area contributed by atoms with Crippen LogP contribution in [0.25, 0.3) is 11.3 Å². The number of carbonyl (C=O) groups excluding carboxylic acids is 1. The number of aryl methyl sites for hydroxylation is 2. The molecule has 4 rings (SSSR count). The van der Waals surface area contributed by atoms with Gasteiger partial charge < -0.3 is 5.32 Å². The Morgan fingerprint density at radius 1 is 1.00 bits per heavy atom. The molecule has 0 fully saturated rings. The minimum atomic E-state index is -0.177. The third-order valence-electron chi connectivity index (χ3n) is 4.77. The standard InChI is InChI=1S/C23H23N5O/c1-16-11-17(2)28(27-16)15-19-8-6-7-18(12-19)14-24-23(29)22-13-21(25-26-22)20-9-4-3-5-10-20/h3-13H,14-15H2,1-2H3,(H,24,29)(H,25,26). The molecule has 0 saturated heterocycles. The summed E-state index contributed by atoms with van der Waals surface area (Å²) in [5.74, 6) is -0.177. The Bertz CT molecular complexity index is 1130. The van der Waals surface area contributed by atoms with Gasteiger partial charge in [-0.1, -0.05) is 54.6 Å². The topological polar surface area (TPSA) is 75.6 Å². The number of rotatable bonds is 6. The Balaban J connectivity index is 1.40. The zero-order valence-electron chi connectivity index (χ0n) is 16.5. The smallest absolute Gasteiger partial charge is 0.269 e. The summed E-state index contributed by atoms with van der Waals surface area (Å²) in [6, 6.07) is 21.8. The maximum atomic E-state index is 12.5. The van der Waals surface area contributed by atoms with Gasteiger partial charge in [0, 0.05) is 17.8 Å². The van der Waals surface area contributed by atoms with Gasteiger partial charge in [0.15, 0.2) is 0 Å². The van der Waals surface area contributed by atoms with E-state index in [2.05, 4.69) is 45.7 Å². The fraction of sp³-hybridized carbons (Fsp3) is 0.174. The normalized spacial score (nSPS) is 10.8. The van der Waals surface area contributed by atoms with E-state index in [9.17, 15) is 4.79 Å². The lowest BCUT2D eigenvalue weighted by atomic mass is 10.1. The Labute approximate surface area is 169 Å². The van der Waals surface area contributed by atoms with Gasteiger partial charge in [0.25, 0.3) is 5.91 Å². The lowest BCUT2D eigenvalue weighted by molar-refractivity contribution is 0.0946. The molecule has 4 aromatic rings. The molecule has 0 saturated carbocycles. The highest BCUT2D eigenvalue weighted by molar-refractivity contribution is 5.93. The van der Waals surface area contributed by atoms with E-state index >= 15 is 0 Å². The molecule has 6 heteroatoms. The van der Waals surface area contributed by atoms with E-state index in [0.717, 1.165) is 33.8 Å². The van der Waals surface area contributed by atoms with E-state index in [1.165, 1.54) is 0 Å². The van der Waals surface area contributed by atoms with E-state index in [0.29, 0.717) is 18.8 Å². The fourth-order valence-corrected chi connectivity index (χ4v) is 3.32. The molecule has 2 aromatic heterocycles. The van der Waals surface area contributed by atoms with Gasteiger partial charge in [0.05, 0.1) is 17.9 Å². The number of amides is 1. The number of nitrogens with one attached hydrogen (secondary N) is 2. The van der Waals surface area contributed by atoms with Crippen molar-refractivity contribution in [2.24, 2.45) is 0 Å². The number of benzene rings is 2. The van der Waals surface area contributed by atoms with Crippen molar-refractivity contribution in [1.82, 2.24) is 25.3 Å². The van der Waals surface area contributed by atoms with Crippen molar-refractivity contribution >= 4 is 5.91 Å². The van der Waals surface area contributed by atoms with Crippen molar-refractivity contribution in [2.45, 2.75) is 26.9 Å². The fourth-order valence-electron chi connectivity index (χ4n) is 3.32. The molecule has 0 aliphatic rings. The first-order valence-corrected chi connectivity index (χ1v) is 9.56. The minimum absolute atomic E-state index is 0.177. The molecule has 0 aliphatic carbocycles. The Morgan fingerprint density at radius 2 is 1.79 bits per heavy atom. The van der Waals surface area contributed by atoms with Crippen LogP contribution < -0.4 is 5.32 Å². The summed E-state index contributed by atoms with van der Waals surface area (Å²) < 4.78 is 1.99. The number of H-pyrrole nitrogens is 1. The highest BCUT2D eigenvalue weighted by Gasteiger charge is 2.11. The van der Waals surface area contributed by atoms with Gasteiger partial charge in [-0.25, -0.2) is 0 Å². The predicted octanol–water partition coefficient (Wildman–Crippen LogP) is 3.87. The van der Waals surface area contributed by atoms with Crippen LogP contribution in [-0.2, 0) is 13.1 Å². The van der Waals surface area contributed by atoms with Gasteiger partial charge in [0.2, 0.25) is 0 Å². The second-order valence-corrected chi connectivity index (χ2v) is 7.12. The molecular formula is C23H23N5O. The van der Waals surface area contributed by atoms with E-state index in [4.69, 9.17) is 0 Å². The van der Waals surface area contributed by atoms with E-state index in [-0.39, 0.29) is 5.91 Å². The summed E-state index contributed by atoms with van der Waals surface area (Å²) in [5, 5.41) is 14.5. The third-order valence-corrected chi connectivity index (χ3v) is 4.77. The Morgan fingerprint density at radius 3 is 2.55 bits per heavy atom. The number of carbonyl (C=O) groups is 1. The third kappa shape index (κ3) is 4.43. The average molecular weight is 385 g/mol. The number of nitrogens with zero attached hydrogens (tertiary/aromatic N) is 3. The van der Waals surface area contributed by atoms with Gasteiger partial charge in [-0.3, -0.25) is 14.6 Å². The van der Waals surface area contributed by atoms with Crippen LogP contribution in [0.4, 0.5) is 0 Å². The Kier molecular flexibility index (Phi) is 5.24. The lowest BCUT2D eigenvalue weighted by Crippen LogP contribution is -2.23. The van der Waals surface area contributed by atoms with Crippen molar-refractivity contribution in [3.8, 4) is 11.3 Å². The van der Waals surface area contributed by atoms with E-state index in [1.54, 1.807) is 6.07 Å². The summed E-state index contributed by atoms with van der Waals surface area (Å²) in [6.45, 7) is 5.21. The van der Waals surface area contributed by atoms with Crippen LogP contribution in [-0.4, -0.2) is 25.9 Å². The first-order valence-electron chi connectivity index (χ1n) is 9.56. The number of aromatic nitrogens is 4. The van der Waals surface area contributed by atoms with Crippen LogP contribution in [0, 0.1) is 13.8 Å². The van der Waals surface area contributed by atoms with Gasteiger partial charge >= 0.3 is 0 Å². The molecule has 146 valence electrons. The summed E-state index contributed by atoms with van der Waals surface area (Å²) in [6.07, 6.45) is 0. The zero-order chi connectivity index (χ0) is 20.2. The minimum Gasteiger partial charge on any atom is -0.347 e. The molecule has 0 bridgehead atoms. The molecule has 0 atom stereocenters. The van der Waals surface area contributed by atoms with Crippen LogP contribution in [0.2, 0.25) is 0 Å². The molecule has 6 nitrogen and oxygen atoms in total. The molecule has 29 heavy (non-hydrogen) atoms. The monoisotopic (exact) mass is 385 g/mol. The first-order chi connectivity index (χ1) is 14.1. The second-order valence-electron chi connectivity index (χ2n) is 7.12. The SMILES string of the molecule is Cc1cc(C)n(Cc2cccc(CNC(=O)c3cc(-c4ccccc4)n[nH]3)c2)n1. The van der Waals surface area contributed by atoms with Crippen LogP contribution in [0.5, 0.6) is 0 Å². The van der Waals surface area contributed by atoms with Gasteiger partial charge in [-0.2, -0.15) is 10.2 Å². The Hall–Kier alpha value is -3.67. The second kappa shape index (κ2) is 8.14.